The zero-order valence-corrected chi connectivity index (χ0v) is 5.40. The van der Waals surface area contributed by atoms with E-state index in [-0.39, 0.29) is 11.1 Å². The number of benzene rings is 1. The van der Waals surface area contributed by atoms with Crippen LogP contribution < -0.4 is 0 Å². The van der Waals surface area contributed by atoms with Crippen molar-refractivity contribution in [3.05, 3.63) is 42.1 Å². The van der Waals surface area contributed by atoms with Crippen LogP contribution in [0.1, 0.15) is 11.1 Å². The first kappa shape index (κ1) is 7.19. The van der Waals surface area contributed by atoms with Gasteiger partial charge in [0.05, 0.1) is 0 Å². The topological polar surface area (TPSA) is 0 Å². The van der Waals surface area contributed by atoms with Gasteiger partial charge in [-0.05, 0) is 12.5 Å². The highest BCUT2D eigenvalue weighted by Gasteiger charge is 2.02. The molecule has 0 aliphatic rings. The Morgan fingerprint density at radius 1 is 1.40 bits per heavy atom. The molecule has 0 saturated carbocycles. The highest BCUT2D eigenvalue weighted by atomic mass is 19.1. The van der Waals surface area contributed by atoms with Crippen molar-refractivity contribution in [1.82, 2.24) is 0 Å². The Morgan fingerprint density at radius 2 is 2.10 bits per heavy atom. The lowest BCUT2D eigenvalue weighted by Crippen LogP contribution is -1.88. The van der Waals surface area contributed by atoms with Crippen LogP contribution >= 0.6 is 0 Å². The summed E-state index contributed by atoms with van der Waals surface area (Å²) in [6.45, 7) is 2.62. The molecule has 0 aliphatic heterocycles. The molecule has 0 bridgehead atoms. The van der Waals surface area contributed by atoms with E-state index in [1.54, 1.807) is 6.07 Å². The summed E-state index contributed by atoms with van der Waals surface area (Å²) in [5.74, 6) is -0.537. The minimum Gasteiger partial charge on any atom is -0.246 e. The maximum absolute atomic E-state index is 12.7. The van der Waals surface area contributed by atoms with E-state index >= 15 is 0 Å². The lowest BCUT2D eigenvalue weighted by Gasteiger charge is -1.98. The van der Waals surface area contributed by atoms with Crippen LogP contribution in [0.5, 0.6) is 0 Å². The molecule has 0 unspecified atom stereocenters. The lowest BCUT2D eigenvalue weighted by atomic mass is 10.1. The smallest absolute Gasteiger partial charge is 0.132 e. The van der Waals surface area contributed by atoms with E-state index in [2.05, 4.69) is 6.92 Å². The molecule has 53 valence electrons. The fourth-order valence-corrected chi connectivity index (χ4v) is 0.736. The Bertz CT molecular complexity index is 231. The normalized spacial score (nSPS) is 9.90. The van der Waals surface area contributed by atoms with E-state index < -0.39 is 12.5 Å². The zero-order chi connectivity index (χ0) is 7.56. The van der Waals surface area contributed by atoms with Gasteiger partial charge in [-0.2, -0.15) is 0 Å². The van der Waals surface area contributed by atoms with Crippen molar-refractivity contribution < 1.29 is 8.78 Å². The predicted molar refractivity (Wildman–Crippen MR) is 35.7 cm³/mol. The predicted octanol–water partition coefficient (Wildman–Crippen LogP) is 2.48. The Balaban J connectivity index is 3.14. The highest BCUT2D eigenvalue weighted by molar-refractivity contribution is 5.27. The Morgan fingerprint density at radius 3 is 2.60 bits per heavy atom. The Hall–Kier alpha value is -0.920. The third-order valence-corrected chi connectivity index (χ3v) is 1.30. The molecule has 0 saturated heterocycles. The van der Waals surface area contributed by atoms with Gasteiger partial charge in [0, 0.05) is 5.56 Å². The third-order valence-electron chi connectivity index (χ3n) is 1.30. The molecule has 0 spiro atoms. The molecule has 10 heavy (non-hydrogen) atoms. The molecular weight excluding hydrogens is 134 g/mol. The molecule has 0 aromatic heterocycles. The summed E-state index contributed by atoms with van der Waals surface area (Å²) in [4.78, 5) is 0. The van der Waals surface area contributed by atoms with E-state index in [1.807, 2.05) is 0 Å². The zero-order valence-electron chi connectivity index (χ0n) is 5.40. The van der Waals surface area contributed by atoms with E-state index in [0.717, 1.165) is 0 Å². The maximum Gasteiger partial charge on any atom is 0.132 e. The molecular formula is C8H7F2. The average Bonchev–Trinajstić information content (AvgIpc) is 1.95. The van der Waals surface area contributed by atoms with Gasteiger partial charge in [0.1, 0.15) is 12.5 Å². The van der Waals surface area contributed by atoms with Gasteiger partial charge in [-0.25, -0.2) is 8.78 Å². The number of alkyl halides is 1. The number of hydrogen-bond donors (Lipinski definition) is 0. The summed E-state index contributed by atoms with van der Waals surface area (Å²) in [5.41, 5.74) is 0.322. The SMILES string of the molecule is [CH2]c1cccc(CF)c1F. The first-order chi connectivity index (χ1) is 4.75. The highest BCUT2D eigenvalue weighted by Crippen LogP contribution is 2.12. The second-order valence-corrected chi connectivity index (χ2v) is 2.02. The fraction of sp³-hybridized carbons (Fsp3) is 0.125. The molecule has 1 aromatic carbocycles. The number of rotatable bonds is 1. The summed E-state index contributed by atoms with van der Waals surface area (Å²) in [6.07, 6.45) is 0. The summed E-state index contributed by atoms with van der Waals surface area (Å²) in [7, 11) is 0. The van der Waals surface area contributed by atoms with E-state index in [0.29, 0.717) is 0 Å². The molecule has 0 amide bonds. The monoisotopic (exact) mass is 141 g/mol. The number of hydrogen-bond acceptors (Lipinski definition) is 0. The minimum atomic E-state index is -0.769. The van der Waals surface area contributed by atoms with Gasteiger partial charge < -0.3 is 0 Å². The molecule has 0 fully saturated rings. The second kappa shape index (κ2) is 2.78. The molecule has 1 rings (SSSR count). The van der Waals surface area contributed by atoms with Crippen LogP contribution in [0.3, 0.4) is 0 Å². The van der Waals surface area contributed by atoms with Crippen molar-refractivity contribution in [3.8, 4) is 0 Å². The largest absolute Gasteiger partial charge is 0.246 e. The number of halogens is 2. The second-order valence-electron chi connectivity index (χ2n) is 2.02. The van der Waals surface area contributed by atoms with Crippen molar-refractivity contribution in [3.63, 3.8) is 0 Å². The summed E-state index contributed by atoms with van der Waals surface area (Å²) in [6, 6.07) is 4.50. The maximum atomic E-state index is 12.7. The molecule has 1 aromatic rings. The first-order valence-corrected chi connectivity index (χ1v) is 2.91. The van der Waals surface area contributed by atoms with Crippen LogP contribution in [0, 0.1) is 12.7 Å². The Labute approximate surface area is 58.5 Å². The lowest BCUT2D eigenvalue weighted by molar-refractivity contribution is 0.463. The molecule has 1 radical (unpaired) electrons. The van der Waals surface area contributed by atoms with Gasteiger partial charge in [-0.1, -0.05) is 18.2 Å². The van der Waals surface area contributed by atoms with Gasteiger partial charge >= 0.3 is 0 Å². The Kier molecular flexibility index (Phi) is 2.00. The molecule has 0 nitrogen and oxygen atoms in total. The quantitative estimate of drug-likeness (QED) is 0.563. The van der Waals surface area contributed by atoms with Crippen LogP contribution in [0.4, 0.5) is 8.78 Å². The summed E-state index contributed by atoms with van der Waals surface area (Å²) in [5, 5.41) is 0. The van der Waals surface area contributed by atoms with Crippen LogP contribution in [0.15, 0.2) is 18.2 Å². The van der Waals surface area contributed by atoms with Crippen molar-refractivity contribution in [2.45, 2.75) is 6.67 Å². The van der Waals surface area contributed by atoms with Crippen LogP contribution in [0.25, 0.3) is 0 Å². The summed E-state index contributed by atoms with van der Waals surface area (Å²) >= 11 is 0. The average molecular weight is 141 g/mol. The van der Waals surface area contributed by atoms with Crippen molar-refractivity contribution >= 4 is 0 Å². The van der Waals surface area contributed by atoms with E-state index in [9.17, 15) is 8.78 Å². The van der Waals surface area contributed by atoms with Crippen LogP contribution in [-0.2, 0) is 6.67 Å². The van der Waals surface area contributed by atoms with E-state index in [1.165, 1.54) is 12.1 Å². The summed E-state index contributed by atoms with van der Waals surface area (Å²) < 4.78 is 24.6. The molecule has 0 aliphatic carbocycles. The first-order valence-electron chi connectivity index (χ1n) is 2.91. The molecule has 0 heterocycles. The van der Waals surface area contributed by atoms with Crippen LogP contribution in [0.2, 0.25) is 0 Å². The molecule has 0 atom stereocenters. The van der Waals surface area contributed by atoms with Gasteiger partial charge in [0.15, 0.2) is 0 Å². The molecule has 2 heteroatoms. The van der Waals surface area contributed by atoms with Crippen molar-refractivity contribution in [2.24, 2.45) is 0 Å². The van der Waals surface area contributed by atoms with E-state index in [4.69, 9.17) is 0 Å². The van der Waals surface area contributed by atoms with Gasteiger partial charge in [-0.15, -0.1) is 0 Å². The fourth-order valence-electron chi connectivity index (χ4n) is 0.736. The molecule has 0 N–H and O–H groups in total. The van der Waals surface area contributed by atoms with Gasteiger partial charge in [0.25, 0.3) is 0 Å². The van der Waals surface area contributed by atoms with Crippen LogP contribution in [-0.4, -0.2) is 0 Å². The van der Waals surface area contributed by atoms with Crippen molar-refractivity contribution in [1.29, 1.82) is 0 Å². The van der Waals surface area contributed by atoms with Gasteiger partial charge in [0.2, 0.25) is 0 Å². The minimum absolute atomic E-state index is 0.0764. The third kappa shape index (κ3) is 1.15. The standard InChI is InChI=1S/C8H7F2/c1-6-3-2-4-7(5-9)8(6)10/h2-4H,1,5H2. The van der Waals surface area contributed by atoms with Gasteiger partial charge in [-0.3, -0.25) is 0 Å². The van der Waals surface area contributed by atoms with Crippen molar-refractivity contribution in [2.75, 3.05) is 0 Å².